The zero-order chi connectivity index (χ0) is 15.4. The fraction of sp³-hybridized carbons (Fsp3) is 0.812. The van der Waals surface area contributed by atoms with Gasteiger partial charge in [0.25, 0.3) is 0 Å². The van der Waals surface area contributed by atoms with E-state index < -0.39 is 0 Å². The molecule has 0 bridgehead atoms. The Kier molecular flexibility index (Phi) is 9.92. The molecule has 0 spiro atoms. The summed E-state index contributed by atoms with van der Waals surface area (Å²) in [6.07, 6.45) is 15.3. The van der Waals surface area contributed by atoms with Crippen LogP contribution in [0.4, 0.5) is 4.79 Å². The van der Waals surface area contributed by atoms with Gasteiger partial charge in [0.05, 0.1) is 0 Å². The minimum atomic E-state index is -0.387. The van der Waals surface area contributed by atoms with Gasteiger partial charge in [-0.25, -0.2) is 4.79 Å². The Morgan fingerprint density at radius 2 is 1.40 bits per heavy atom. The van der Waals surface area contributed by atoms with Crippen molar-refractivity contribution in [1.29, 1.82) is 0 Å². The van der Waals surface area contributed by atoms with E-state index in [9.17, 15) is 4.79 Å². The Morgan fingerprint density at radius 3 is 1.75 bits per heavy atom. The maximum Gasteiger partial charge on any atom is 0.410 e. The number of carbonyl (C=O) groups is 1. The fourth-order valence-electron chi connectivity index (χ4n) is 2.06. The summed E-state index contributed by atoms with van der Waals surface area (Å²) in [5.41, 5.74) is -0.387. The van der Waals surface area contributed by atoms with Crippen molar-refractivity contribution in [3.8, 4) is 12.8 Å². The van der Waals surface area contributed by atoms with Gasteiger partial charge in [0.1, 0.15) is 5.60 Å². The van der Waals surface area contributed by atoms with Gasteiger partial charge < -0.3 is 15.0 Å². The number of terminal acetylenes is 1. The van der Waals surface area contributed by atoms with E-state index in [0.29, 0.717) is 0 Å². The molecule has 0 aromatic rings. The highest BCUT2D eigenvalue weighted by Crippen LogP contribution is 2.15. The lowest BCUT2D eigenvalue weighted by Crippen LogP contribution is -2.48. The average Bonchev–Trinajstić information content (AvgIpc) is 2.99. The lowest BCUT2D eigenvalue weighted by molar-refractivity contribution is 0.0229. The summed E-state index contributed by atoms with van der Waals surface area (Å²) >= 11 is 0. The van der Waals surface area contributed by atoms with E-state index in [4.69, 9.17) is 4.74 Å². The van der Waals surface area contributed by atoms with Crippen molar-refractivity contribution in [1.82, 2.24) is 10.2 Å². The summed E-state index contributed by atoms with van der Waals surface area (Å²) in [5, 5.41) is 3.18. The van der Waals surface area contributed by atoms with Gasteiger partial charge in [-0.2, -0.15) is 0 Å². The van der Waals surface area contributed by atoms with Crippen LogP contribution in [0.1, 0.15) is 52.9 Å². The third kappa shape index (κ3) is 9.69. The lowest BCUT2D eigenvalue weighted by atomic mass is 10.2. The second-order valence-corrected chi connectivity index (χ2v) is 5.99. The standard InChI is InChI=1S/C9H18N2O2.C5H10.C2H2/c1-9(2,3)13-8(12)11-6-4-10-5-7-11;1-2-4-5-3-1;1-2/h10H,4-7H2,1-3H3;1-5H2;1-2H. The van der Waals surface area contributed by atoms with Gasteiger partial charge >= 0.3 is 6.09 Å². The van der Waals surface area contributed by atoms with Crippen LogP contribution in [0.15, 0.2) is 0 Å². The average molecular weight is 282 g/mol. The molecule has 2 rings (SSSR count). The molecule has 116 valence electrons. The molecule has 0 radical (unpaired) electrons. The summed E-state index contributed by atoms with van der Waals surface area (Å²) in [6, 6.07) is 0. The zero-order valence-corrected chi connectivity index (χ0v) is 13.3. The van der Waals surface area contributed by atoms with Crippen LogP contribution in [-0.2, 0) is 4.74 Å². The Balaban J connectivity index is 0.000000427. The summed E-state index contributed by atoms with van der Waals surface area (Å²) in [7, 11) is 0. The van der Waals surface area contributed by atoms with E-state index in [2.05, 4.69) is 18.2 Å². The highest BCUT2D eigenvalue weighted by molar-refractivity contribution is 5.68. The third-order valence-electron chi connectivity index (χ3n) is 3.02. The van der Waals surface area contributed by atoms with Crippen molar-refractivity contribution >= 4 is 6.09 Å². The number of nitrogens with one attached hydrogen (secondary N) is 1. The Morgan fingerprint density at radius 1 is 1.00 bits per heavy atom. The summed E-state index contributed by atoms with van der Waals surface area (Å²) in [5.74, 6) is 0. The predicted molar refractivity (Wildman–Crippen MR) is 83.7 cm³/mol. The quantitative estimate of drug-likeness (QED) is 0.694. The Bertz CT molecular complexity index is 264. The highest BCUT2D eigenvalue weighted by atomic mass is 16.6. The fourth-order valence-corrected chi connectivity index (χ4v) is 2.06. The van der Waals surface area contributed by atoms with E-state index in [1.165, 1.54) is 32.1 Å². The van der Waals surface area contributed by atoms with Gasteiger partial charge in [-0.15, -0.1) is 12.8 Å². The molecule has 1 heterocycles. The van der Waals surface area contributed by atoms with Gasteiger partial charge in [-0.1, -0.05) is 32.1 Å². The van der Waals surface area contributed by atoms with Crippen molar-refractivity contribution < 1.29 is 9.53 Å². The maximum absolute atomic E-state index is 11.5. The molecule has 20 heavy (non-hydrogen) atoms. The molecule has 2 aliphatic rings. The van der Waals surface area contributed by atoms with Gasteiger partial charge in [-0.05, 0) is 20.8 Å². The van der Waals surface area contributed by atoms with Crippen molar-refractivity contribution in [3.05, 3.63) is 0 Å². The van der Waals surface area contributed by atoms with Gasteiger partial charge in [0, 0.05) is 26.2 Å². The van der Waals surface area contributed by atoms with E-state index in [0.717, 1.165) is 26.2 Å². The number of carbonyl (C=O) groups excluding carboxylic acids is 1. The van der Waals surface area contributed by atoms with Gasteiger partial charge in [0.2, 0.25) is 0 Å². The molecule has 1 saturated heterocycles. The van der Waals surface area contributed by atoms with E-state index in [1.54, 1.807) is 4.90 Å². The normalized spacial score (nSPS) is 18.1. The summed E-state index contributed by atoms with van der Waals surface area (Å²) in [4.78, 5) is 13.2. The molecular formula is C16H30N2O2. The van der Waals surface area contributed by atoms with E-state index in [-0.39, 0.29) is 11.7 Å². The van der Waals surface area contributed by atoms with E-state index >= 15 is 0 Å². The number of hydrogen-bond acceptors (Lipinski definition) is 3. The number of amides is 1. The Labute approximate surface area is 124 Å². The lowest BCUT2D eigenvalue weighted by Gasteiger charge is -2.30. The van der Waals surface area contributed by atoms with E-state index in [1.807, 2.05) is 20.8 Å². The zero-order valence-electron chi connectivity index (χ0n) is 13.3. The molecule has 2 fully saturated rings. The van der Waals surface area contributed by atoms with Crippen molar-refractivity contribution in [2.75, 3.05) is 26.2 Å². The summed E-state index contributed by atoms with van der Waals surface area (Å²) in [6.45, 7) is 8.86. The first-order valence-electron chi connectivity index (χ1n) is 7.51. The van der Waals surface area contributed by atoms with Crippen LogP contribution in [0.2, 0.25) is 0 Å². The van der Waals surface area contributed by atoms with Gasteiger partial charge in [-0.3, -0.25) is 0 Å². The minimum Gasteiger partial charge on any atom is -0.444 e. The first-order chi connectivity index (χ1) is 9.49. The second-order valence-electron chi connectivity index (χ2n) is 5.99. The topological polar surface area (TPSA) is 41.6 Å². The molecular weight excluding hydrogens is 252 g/mol. The van der Waals surface area contributed by atoms with Crippen LogP contribution in [0.25, 0.3) is 0 Å². The molecule has 1 amide bonds. The van der Waals surface area contributed by atoms with Crippen molar-refractivity contribution in [2.45, 2.75) is 58.5 Å². The summed E-state index contributed by atoms with van der Waals surface area (Å²) < 4.78 is 5.24. The molecule has 0 atom stereocenters. The van der Waals surface area contributed by atoms with Crippen LogP contribution in [-0.4, -0.2) is 42.8 Å². The second kappa shape index (κ2) is 10.6. The van der Waals surface area contributed by atoms with Crippen LogP contribution < -0.4 is 5.32 Å². The number of rotatable bonds is 0. The predicted octanol–water partition coefficient (Wildman–Crippen LogP) is 3.03. The molecule has 1 saturated carbocycles. The molecule has 0 aromatic carbocycles. The van der Waals surface area contributed by atoms with Crippen LogP contribution in [0, 0.1) is 12.8 Å². The smallest absolute Gasteiger partial charge is 0.410 e. The maximum atomic E-state index is 11.5. The number of nitrogens with zero attached hydrogens (tertiary/aromatic N) is 1. The molecule has 4 heteroatoms. The SMILES string of the molecule is C#C.C1CCCC1.CC(C)(C)OC(=O)N1CCNCC1. The first kappa shape index (κ1) is 18.8. The first-order valence-corrected chi connectivity index (χ1v) is 7.51. The highest BCUT2D eigenvalue weighted by Gasteiger charge is 2.22. The Hall–Kier alpha value is -1.21. The van der Waals surface area contributed by atoms with Crippen molar-refractivity contribution in [3.63, 3.8) is 0 Å². The monoisotopic (exact) mass is 282 g/mol. The number of hydrogen-bond donors (Lipinski definition) is 1. The van der Waals surface area contributed by atoms with Crippen LogP contribution >= 0.6 is 0 Å². The molecule has 4 nitrogen and oxygen atoms in total. The third-order valence-corrected chi connectivity index (χ3v) is 3.02. The van der Waals surface area contributed by atoms with Crippen LogP contribution in [0.3, 0.4) is 0 Å². The number of piperazine rings is 1. The minimum absolute atomic E-state index is 0.200. The number of ether oxygens (including phenoxy) is 1. The van der Waals surface area contributed by atoms with Crippen LogP contribution in [0.5, 0.6) is 0 Å². The molecule has 1 N–H and O–H groups in total. The molecule has 1 aliphatic heterocycles. The van der Waals surface area contributed by atoms with Gasteiger partial charge in [0.15, 0.2) is 0 Å². The largest absolute Gasteiger partial charge is 0.444 e. The molecule has 0 unspecified atom stereocenters. The molecule has 1 aliphatic carbocycles. The van der Waals surface area contributed by atoms with Crippen molar-refractivity contribution in [2.24, 2.45) is 0 Å². The molecule has 0 aromatic heterocycles.